The molecule has 0 saturated heterocycles. The van der Waals surface area contributed by atoms with Gasteiger partial charge in [0.05, 0.1) is 37.2 Å². The zero-order chi connectivity index (χ0) is 13.8. The van der Waals surface area contributed by atoms with Crippen molar-refractivity contribution in [3.8, 4) is 0 Å². The fraction of sp³-hybridized carbons (Fsp3) is 1.00. The lowest BCUT2D eigenvalue weighted by Gasteiger charge is -2.15. The van der Waals surface area contributed by atoms with Gasteiger partial charge in [-0.2, -0.15) is 0 Å². The lowest BCUT2D eigenvalue weighted by atomic mass is 10.2. The molecule has 2 atom stereocenters. The van der Waals surface area contributed by atoms with Crippen molar-refractivity contribution in [2.45, 2.75) is 56.4 Å². The van der Waals surface area contributed by atoms with Crippen LogP contribution in [-0.4, -0.2) is 48.4 Å². The van der Waals surface area contributed by atoms with E-state index in [-0.39, 0.29) is 24.0 Å². The average molecular weight is 301 g/mol. The SMILES string of the molecule is CCCC(Cl)COCC(O)COCC(Cl)CCC. The second-order valence-corrected chi connectivity index (χ2v) is 5.74. The molecule has 0 bridgehead atoms. The van der Waals surface area contributed by atoms with Crippen LogP contribution in [0.4, 0.5) is 0 Å². The number of aliphatic hydroxyl groups excluding tert-OH is 1. The molecule has 0 rings (SSSR count). The highest BCUT2D eigenvalue weighted by atomic mass is 35.5. The topological polar surface area (TPSA) is 38.7 Å². The average Bonchev–Trinajstić information content (AvgIpc) is 2.29. The maximum atomic E-state index is 9.60. The lowest BCUT2D eigenvalue weighted by molar-refractivity contribution is -0.0190. The standard InChI is InChI=1S/C13H26Cl2O3/c1-3-5-11(14)7-17-9-13(16)10-18-8-12(15)6-4-2/h11-13,16H,3-10H2,1-2H3. The van der Waals surface area contributed by atoms with Crippen molar-refractivity contribution in [3.63, 3.8) is 0 Å². The van der Waals surface area contributed by atoms with Gasteiger partial charge in [-0.05, 0) is 12.8 Å². The Morgan fingerprint density at radius 2 is 1.22 bits per heavy atom. The molecule has 0 spiro atoms. The van der Waals surface area contributed by atoms with Crippen LogP contribution in [0.3, 0.4) is 0 Å². The zero-order valence-electron chi connectivity index (χ0n) is 11.4. The molecule has 0 aromatic heterocycles. The smallest absolute Gasteiger partial charge is 0.101 e. The van der Waals surface area contributed by atoms with Crippen LogP contribution >= 0.6 is 23.2 Å². The number of alkyl halides is 2. The monoisotopic (exact) mass is 300 g/mol. The van der Waals surface area contributed by atoms with Crippen LogP contribution in [0, 0.1) is 0 Å². The molecule has 0 fully saturated rings. The van der Waals surface area contributed by atoms with E-state index in [2.05, 4.69) is 13.8 Å². The van der Waals surface area contributed by atoms with Crippen molar-refractivity contribution in [2.75, 3.05) is 26.4 Å². The van der Waals surface area contributed by atoms with E-state index in [4.69, 9.17) is 32.7 Å². The molecule has 0 amide bonds. The normalized spacial score (nSPS) is 16.5. The summed E-state index contributed by atoms with van der Waals surface area (Å²) in [6.07, 6.45) is 3.33. The number of ether oxygens (including phenoxy) is 2. The fourth-order valence-electron chi connectivity index (χ4n) is 1.51. The van der Waals surface area contributed by atoms with E-state index < -0.39 is 6.10 Å². The van der Waals surface area contributed by atoms with E-state index in [9.17, 15) is 5.11 Å². The molecule has 1 N–H and O–H groups in total. The molecular weight excluding hydrogens is 275 g/mol. The first-order valence-electron chi connectivity index (χ1n) is 6.71. The largest absolute Gasteiger partial charge is 0.388 e. The van der Waals surface area contributed by atoms with Crippen molar-refractivity contribution >= 4 is 23.2 Å². The van der Waals surface area contributed by atoms with Gasteiger partial charge in [0.1, 0.15) is 6.10 Å². The minimum atomic E-state index is -0.610. The Morgan fingerprint density at radius 1 is 0.833 bits per heavy atom. The molecule has 2 unspecified atom stereocenters. The summed E-state index contributed by atoms with van der Waals surface area (Å²) >= 11 is 12.0. The Labute approximate surface area is 121 Å². The van der Waals surface area contributed by atoms with Crippen molar-refractivity contribution in [1.82, 2.24) is 0 Å². The summed E-state index contributed by atoms with van der Waals surface area (Å²) in [4.78, 5) is 0. The van der Waals surface area contributed by atoms with Gasteiger partial charge in [-0.15, -0.1) is 23.2 Å². The van der Waals surface area contributed by atoms with Crippen LogP contribution in [0.15, 0.2) is 0 Å². The Morgan fingerprint density at radius 3 is 1.56 bits per heavy atom. The predicted octanol–water partition coefficient (Wildman–Crippen LogP) is 3.20. The minimum absolute atomic E-state index is 0.0277. The highest BCUT2D eigenvalue weighted by Crippen LogP contribution is 2.07. The van der Waals surface area contributed by atoms with E-state index >= 15 is 0 Å². The summed E-state index contributed by atoms with van der Waals surface area (Å²) < 4.78 is 10.6. The first-order chi connectivity index (χ1) is 8.60. The van der Waals surface area contributed by atoms with Gasteiger partial charge in [-0.3, -0.25) is 0 Å². The van der Waals surface area contributed by atoms with E-state index in [0.29, 0.717) is 13.2 Å². The number of aliphatic hydroxyl groups is 1. The summed E-state index contributed by atoms with van der Waals surface area (Å²) in [5.74, 6) is 0. The van der Waals surface area contributed by atoms with Crippen molar-refractivity contribution in [1.29, 1.82) is 0 Å². The molecule has 0 aliphatic heterocycles. The van der Waals surface area contributed by atoms with Gasteiger partial charge < -0.3 is 14.6 Å². The fourth-order valence-corrected chi connectivity index (χ4v) is 2.12. The number of hydrogen-bond donors (Lipinski definition) is 1. The third-order valence-electron chi connectivity index (χ3n) is 2.42. The van der Waals surface area contributed by atoms with Gasteiger partial charge in [0, 0.05) is 0 Å². The number of hydrogen-bond acceptors (Lipinski definition) is 3. The maximum absolute atomic E-state index is 9.60. The van der Waals surface area contributed by atoms with Gasteiger partial charge >= 0.3 is 0 Å². The van der Waals surface area contributed by atoms with Crippen molar-refractivity contribution < 1.29 is 14.6 Å². The molecule has 0 radical (unpaired) electrons. The van der Waals surface area contributed by atoms with Crippen molar-refractivity contribution in [2.24, 2.45) is 0 Å². The minimum Gasteiger partial charge on any atom is -0.388 e. The molecule has 3 nitrogen and oxygen atoms in total. The highest BCUT2D eigenvalue weighted by Gasteiger charge is 2.09. The second-order valence-electron chi connectivity index (χ2n) is 4.50. The van der Waals surface area contributed by atoms with Gasteiger partial charge in [0.25, 0.3) is 0 Å². The van der Waals surface area contributed by atoms with Gasteiger partial charge in [0.2, 0.25) is 0 Å². The van der Waals surface area contributed by atoms with E-state index in [0.717, 1.165) is 25.7 Å². The summed E-state index contributed by atoms with van der Waals surface area (Å²) in [5.41, 5.74) is 0. The van der Waals surface area contributed by atoms with E-state index in [1.165, 1.54) is 0 Å². The van der Waals surface area contributed by atoms with Crippen LogP contribution < -0.4 is 0 Å². The lowest BCUT2D eigenvalue weighted by Crippen LogP contribution is -2.25. The number of rotatable bonds is 12. The molecule has 5 heteroatoms. The zero-order valence-corrected chi connectivity index (χ0v) is 12.9. The maximum Gasteiger partial charge on any atom is 0.101 e. The summed E-state index contributed by atoms with van der Waals surface area (Å²) in [7, 11) is 0. The van der Waals surface area contributed by atoms with E-state index in [1.807, 2.05) is 0 Å². The Bertz CT molecular complexity index is 164. The first-order valence-corrected chi connectivity index (χ1v) is 7.59. The second kappa shape index (κ2) is 12.5. The van der Waals surface area contributed by atoms with Crippen LogP contribution in [0.1, 0.15) is 39.5 Å². The molecular formula is C13H26Cl2O3. The number of halogens is 2. The highest BCUT2D eigenvalue weighted by molar-refractivity contribution is 6.20. The van der Waals surface area contributed by atoms with Crippen LogP contribution in [0.5, 0.6) is 0 Å². The molecule has 0 aliphatic carbocycles. The van der Waals surface area contributed by atoms with Gasteiger partial charge in [0.15, 0.2) is 0 Å². The molecule has 18 heavy (non-hydrogen) atoms. The van der Waals surface area contributed by atoms with Gasteiger partial charge in [-0.1, -0.05) is 26.7 Å². The molecule has 0 aromatic carbocycles. The summed E-state index contributed by atoms with van der Waals surface area (Å²) in [6.45, 7) is 5.62. The summed E-state index contributed by atoms with van der Waals surface area (Å²) in [5, 5.41) is 9.65. The molecule has 0 aliphatic rings. The van der Waals surface area contributed by atoms with Crippen LogP contribution in [0.2, 0.25) is 0 Å². The van der Waals surface area contributed by atoms with E-state index in [1.54, 1.807) is 0 Å². The molecule has 0 aromatic rings. The first kappa shape index (κ1) is 18.5. The molecule has 110 valence electrons. The third-order valence-corrected chi connectivity index (χ3v) is 3.11. The Hall–Kier alpha value is 0.460. The quantitative estimate of drug-likeness (QED) is 0.563. The van der Waals surface area contributed by atoms with Gasteiger partial charge in [-0.25, -0.2) is 0 Å². The predicted molar refractivity (Wildman–Crippen MR) is 76.7 cm³/mol. The third kappa shape index (κ3) is 11.5. The Kier molecular flexibility index (Phi) is 12.8. The molecule has 0 saturated carbocycles. The Balaban J connectivity index is 3.39. The summed E-state index contributed by atoms with van der Waals surface area (Å²) in [6, 6.07) is 0. The van der Waals surface area contributed by atoms with Crippen LogP contribution in [-0.2, 0) is 9.47 Å². The van der Waals surface area contributed by atoms with Crippen molar-refractivity contribution in [3.05, 3.63) is 0 Å². The van der Waals surface area contributed by atoms with Crippen LogP contribution in [0.25, 0.3) is 0 Å². The molecule has 0 heterocycles.